The second-order valence-corrected chi connectivity index (χ2v) is 12.2. The highest BCUT2D eigenvalue weighted by Crippen LogP contribution is 2.54. The van der Waals surface area contributed by atoms with Crippen molar-refractivity contribution in [1.29, 1.82) is 0 Å². The maximum atomic E-state index is 14.2. The monoisotopic (exact) mass is 538 g/mol. The fraction of sp³-hybridized carbons (Fsp3) is 0.107. The second-order valence-electron chi connectivity index (χ2n) is 8.32. The predicted octanol–water partition coefficient (Wildman–Crippen LogP) is 9.90. The van der Waals surface area contributed by atoms with E-state index in [4.69, 9.17) is 28.2 Å². The van der Waals surface area contributed by atoms with Crippen molar-refractivity contribution in [3.63, 3.8) is 0 Å². The number of hydrogen-bond donors (Lipinski definition) is 1. The van der Waals surface area contributed by atoms with Crippen LogP contribution in [0.2, 0.25) is 0 Å². The molecule has 178 valence electrons. The molecular formula is C28H25Cl2N2OPS. The molecule has 0 fully saturated rings. The van der Waals surface area contributed by atoms with Crippen LogP contribution in [-0.2, 0) is 4.57 Å². The van der Waals surface area contributed by atoms with Crippen molar-refractivity contribution in [2.45, 2.75) is 20.8 Å². The van der Waals surface area contributed by atoms with E-state index in [9.17, 15) is 4.57 Å². The molecule has 1 aromatic heterocycles. The molecule has 0 aliphatic rings. The summed E-state index contributed by atoms with van der Waals surface area (Å²) in [6.07, 6.45) is 0. The maximum absolute atomic E-state index is 14.2. The topological polar surface area (TPSA) is 42.0 Å². The normalized spacial score (nSPS) is 14.0. The summed E-state index contributed by atoms with van der Waals surface area (Å²) in [6.45, 7) is 6.24. The molecule has 0 saturated carbocycles. The van der Waals surface area contributed by atoms with Gasteiger partial charge in [-0.2, -0.15) is 0 Å². The lowest BCUT2D eigenvalue weighted by Gasteiger charge is -2.14. The molecule has 4 aromatic rings. The highest BCUT2D eigenvalue weighted by molar-refractivity contribution is 7.72. The predicted molar refractivity (Wildman–Crippen MR) is 154 cm³/mol. The second kappa shape index (κ2) is 11.0. The summed E-state index contributed by atoms with van der Waals surface area (Å²) >= 11 is 14.6. The number of aryl methyl sites for hydroxylation is 3. The first-order valence-corrected chi connectivity index (χ1v) is 14.5. The Morgan fingerprint density at radius 1 is 0.857 bits per heavy atom. The fourth-order valence-electron chi connectivity index (χ4n) is 3.96. The molecule has 0 spiro atoms. The Kier molecular flexibility index (Phi) is 7.98. The lowest BCUT2D eigenvalue weighted by Crippen LogP contribution is -1.95. The summed E-state index contributed by atoms with van der Waals surface area (Å²) in [5.41, 5.74) is 6.99. The third-order valence-corrected chi connectivity index (χ3v) is 9.13. The lowest BCUT2D eigenvalue weighted by atomic mass is 9.98. The number of nitrogens with zero attached hydrogens (tertiary/aromatic N) is 1. The van der Waals surface area contributed by atoms with E-state index in [0.717, 1.165) is 33.5 Å². The standard InChI is InChI=1S/C28H25Cl2N2OPS/c1-19-14-20(2)27(21(3)15-19)26-18-35-28(31-26)32-34(33,16-24(29)22-10-6-4-7-11-22)17-25(30)23-12-8-5-9-13-23/h4-18H,1-3H3,(H,31,32,33)/b24-16-,25-17+. The van der Waals surface area contributed by atoms with Crippen molar-refractivity contribution >= 4 is 57.0 Å². The van der Waals surface area contributed by atoms with Crippen LogP contribution in [-0.4, -0.2) is 4.98 Å². The van der Waals surface area contributed by atoms with E-state index >= 15 is 0 Å². The molecule has 3 aromatic carbocycles. The molecule has 1 atom stereocenters. The van der Waals surface area contributed by atoms with Gasteiger partial charge in [-0.25, -0.2) is 4.98 Å². The van der Waals surface area contributed by atoms with Crippen LogP contribution in [0.3, 0.4) is 0 Å². The van der Waals surface area contributed by atoms with Gasteiger partial charge in [-0.05, 0) is 43.0 Å². The molecule has 0 bridgehead atoms. The number of anilines is 1. The molecule has 0 aliphatic heterocycles. The van der Waals surface area contributed by atoms with Gasteiger partial charge in [0.15, 0.2) is 5.13 Å². The summed E-state index contributed by atoms with van der Waals surface area (Å²) in [4.78, 5) is 4.77. The van der Waals surface area contributed by atoms with Crippen LogP contribution in [0.4, 0.5) is 5.13 Å². The van der Waals surface area contributed by atoms with E-state index in [-0.39, 0.29) is 0 Å². The number of thiazole rings is 1. The van der Waals surface area contributed by atoms with Crippen molar-refractivity contribution in [2.24, 2.45) is 0 Å². The molecule has 0 saturated heterocycles. The molecule has 1 heterocycles. The number of benzene rings is 3. The SMILES string of the molecule is Cc1cc(C)c(-c2csc(NP(=O)(/C=C(\Cl)c3ccccc3)/C=C(/Cl)c3ccccc3)n2)c(C)c1. The zero-order valence-electron chi connectivity index (χ0n) is 19.6. The summed E-state index contributed by atoms with van der Waals surface area (Å²) in [7, 11) is -3.38. The van der Waals surface area contributed by atoms with Crippen LogP contribution in [0.1, 0.15) is 27.8 Å². The quantitative estimate of drug-likeness (QED) is 0.238. The summed E-state index contributed by atoms with van der Waals surface area (Å²) in [6, 6.07) is 23.1. The van der Waals surface area contributed by atoms with E-state index in [2.05, 4.69) is 38.0 Å². The molecular weight excluding hydrogens is 514 g/mol. The number of halogens is 2. The zero-order chi connectivity index (χ0) is 25.0. The average Bonchev–Trinajstić information content (AvgIpc) is 3.26. The molecule has 0 amide bonds. The van der Waals surface area contributed by atoms with Gasteiger partial charge in [-0.3, -0.25) is 4.57 Å². The average molecular weight is 539 g/mol. The highest BCUT2D eigenvalue weighted by atomic mass is 35.5. The smallest absolute Gasteiger partial charge is 0.217 e. The van der Waals surface area contributed by atoms with Crippen molar-refractivity contribution < 1.29 is 4.57 Å². The Morgan fingerprint density at radius 3 is 1.83 bits per heavy atom. The first kappa shape index (κ1) is 25.5. The number of nitrogens with one attached hydrogen (secondary N) is 1. The Hall–Kier alpha value is -2.62. The Labute approximate surface area is 220 Å². The zero-order valence-corrected chi connectivity index (χ0v) is 22.8. The molecule has 1 N–H and O–H groups in total. The molecule has 0 aliphatic carbocycles. The van der Waals surface area contributed by atoms with E-state index in [1.54, 1.807) is 11.6 Å². The summed E-state index contributed by atoms with van der Waals surface area (Å²) in [5, 5.41) is 6.39. The van der Waals surface area contributed by atoms with E-state index in [1.165, 1.54) is 16.9 Å². The van der Waals surface area contributed by atoms with Crippen molar-refractivity contribution in [3.05, 3.63) is 118 Å². The van der Waals surface area contributed by atoms with Crippen LogP contribution in [0, 0.1) is 20.8 Å². The minimum atomic E-state index is -3.38. The molecule has 1 unspecified atom stereocenters. The molecule has 0 radical (unpaired) electrons. The van der Waals surface area contributed by atoms with Crippen molar-refractivity contribution in [3.8, 4) is 11.3 Å². The first-order valence-electron chi connectivity index (χ1n) is 11.0. The van der Waals surface area contributed by atoms with Gasteiger partial charge in [0, 0.05) is 22.6 Å². The first-order chi connectivity index (χ1) is 16.7. The van der Waals surface area contributed by atoms with Gasteiger partial charge in [0.25, 0.3) is 0 Å². The molecule has 7 heteroatoms. The number of aromatic nitrogens is 1. The third kappa shape index (κ3) is 6.34. The largest absolute Gasteiger partial charge is 0.306 e. The van der Waals surface area contributed by atoms with Gasteiger partial charge in [0.05, 0.1) is 15.8 Å². The maximum Gasteiger partial charge on any atom is 0.217 e. The third-order valence-electron chi connectivity index (χ3n) is 5.42. The van der Waals surface area contributed by atoms with Crippen LogP contribution in [0.15, 0.2) is 89.8 Å². The highest BCUT2D eigenvalue weighted by Gasteiger charge is 2.22. The van der Waals surface area contributed by atoms with Crippen LogP contribution in [0.5, 0.6) is 0 Å². The van der Waals surface area contributed by atoms with E-state index < -0.39 is 7.29 Å². The van der Waals surface area contributed by atoms with Gasteiger partial charge >= 0.3 is 0 Å². The van der Waals surface area contributed by atoms with Crippen LogP contribution in [0.25, 0.3) is 21.3 Å². The lowest BCUT2D eigenvalue weighted by molar-refractivity contribution is 0.589. The number of rotatable bonds is 7. The van der Waals surface area contributed by atoms with Crippen LogP contribution >= 0.6 is 41.8 Å². The number of hydrogen-bond acceptors (Lipinski definition) is 3. The fourth-order valence-corrected chi connectivity index (χ4v) is 7.79. The molecule has 4 rings (SSSR count). The molecule has 3 nitrogen and oxygen atoms in total. The summed E-state index contributed by atoms with van der Waals surface area (Å²) < 4.78 is 14.2. The van der Waals surface area contributed by atoms with E-state index in [0.29, 0.717) is 15.2 Å². The van der Waals surface area contributed by atoms with E-state index in [1.807, 2.05) is 66.0 Å². The van der Waals surface area contributed by atoms with Crippen molar-refractivity contribution in [1.82, 2.24) is 4.98 Å². The van der Waals surface area contributed by atoms with Gasteiger partial charge in [-0.15, -0.1) is 11.3 Å². The van der Waals surface area contributed by atoms with Gasteiger partial charge in [0.1, 0.15) is 0 Å². The Balaban J connectivity index is 1.74. The minimum Gasteiger partial charge on any atom is -0.306 e. The van der Waals surface area contributed by atoms with Crippen molar-refractivity contribution in [2.75, 3.05) is 5.09 Å². The Bertz CT molecular complexity index is 1360. The van der Waals surface area contributed by atoms with Crippen LogP contribution < -0.4 is 5.09 Å². The van der Waals surface area contributed by atoms with Gasteiger partial charge in [-0.1, -0.05) is 102 Å². The minimum absolute atomic E-state index is 0.372. The molecule has 35 heavy (non-hydrogen) atoms. The Morgan fingerprint density at radius 2 is 1.34 bits per heavy atom. The van der Waals surface area contributed by atoms with Gasteiger partial charge < -0.3 is 5.09 Å². The summed E-state index contributed by atoms with van der Waals surface area (Å²) in [5.74, 6) is 3.08. The van der Waals surface area contributed by atoms with Gasteiger partial charge in [0.2, 0.25) is 7.29 Å².